The predicted molar refractivity (Wildman–Crippen MR) is 92.5 cm³/mol. The zero-order valence-corrected chi connectivity index (χ0v) is 14.2. The predicted octanol–water partition coefficient (Wildman–Crippen LogP) is 1.32. The third-order valence-corrected chi connectivity index (χ3v) is 4.82. The van der Waals surface area contributed by atoms with E-state index in [0.717, 1.165) is 43.7 Å². The Morgan fingerprint density at radius 2 is 1.96 bits per heavy atom. The smallest absolute Gasteiger partial charge is 0.113 e. The summed E-state index contributed by atoms with van der Waals surface area (Å²) in [5.74, 6) is 0.465. The minimum absolute atomic E-state index is 0.00408. The summed E-state index contributed by atoms with van der Waals surface area (Å²) in [7, 11) is 0. The van der Waals surface area contributed by atoms with E-state index < -0.39 is 0 Å². The quantitative estimate of drug-likeness (QED) is 0.835. The number of aryl methyl sites for hydroxylation is 1. The van der Waals surface area contributed by atoms with Crippen LogP contribution < -0.4 is 0 Å². The number of rotatable bonds is 6. The molecule has 0 radical (unpaired) electrons. The molecule has 2 heterocycles. The number of piperidine rings is 1. The van der Waals surface area contributed by atoms with Crippen molar-refractivity contribution in [2.24, 2.45) is 5.92 Å². The number of benzene rings is 1. The van der Waals surface area contributed by atoms with E-state index in [1.807, 2.05) is 10.9 Å². The van der Waals surface area contributed by atoms with Gasteiger partial charge < -0.3 is 10.2 Å². The second kappa shape index (κ2) is 7.88. The Hall–Kier alpha value is -1.76. The first-order valence-electron chi connectivity index (χ1n) is 8.62. The lowest BCUT2D eigenvalue weighted by molar-refractivity contribution is 0.0404. The van der Waals surface area contributed by atoms with E-state index in [2.05, 4.69) is 46.4 Å². The van der Waals surface area contributed by atoms with Gasteiger partial charge in [0, 0.05) is 18.7 Å². The average Bonchev–Trinajstić information content (AvgIpc) is 3.05. The van der Waals surface area contributed by atoms with E-state index in [-0.39, 0.29) is 19.3 Å². The van der Waals surface area contributed by atoms with E-state index in [1.165, 1.54) is 5.56 Å². The molecule has 1 aromatic carbocycles. The third kappa shape index (κ3) is 4.01. The first kappa shape index (κ1) is 17.1. The maximum absolute atomic E-state index is 9.37. The summed E-state index contributed by atoms with van der Waals surface area (Å²) in [5.41, 5.74) is 3.21. The van der Waals surface area contributed by atoms with Crippen molar-refractivity contribution >= 4 is 0 Å². The molecule has 0 spiro atoms. The fraction of sp³-hybridized carbons (Fsp3) is 0.556. The number of aromatic nitrogens is 3. The van der Waals surface area contributed by atoms with Crippen LogP contribution in [0, 0.1) is 12.8 Å². The summed E-state index contributed by atoms with van der Waals surface area (Å²) in [6.07, 6.45) is 4.22. The molecule has 6 heteroatoms. The molecule has 1 fully saturated rings. The minimum Gasteiger partial charge on any atom is -0.395 e. The SMILES string of the molecule is Cc1ccc(-c2cn(CC3CCCN(C(CO)CO)C3)nn2)cc1. The molecule has 6 nitrogen and oxygen atoms in total. The lowest BCUT2D eigenvalue weighted by Gasteiger charge is -2.36. The van der Waals surface area contributed by atoms with Gasteiger partial charge >= 0.3 is 0 Å². The Labute approximate surface area is 142 Å². The summed E-state index contributed by atoms with van der Waals surface area (Å²) in [6, 6.07) is 8.15. The van der Waals surface area contributed by atoms with Gasteiger partial charge in [-0.05, 0) is 32.2 Å². The molecular formula is C18H26N4O2. The lowest BCUT2D eigenvalue weighted by Crippen LogP contribution is -2.47. The second-order valence-electron chi connectivity index (χ2n) is 6.71. The Kier molecular flexibility index (Phi) is 5.60. The van der Waals surface area contributed by atoms with Crippen molar-refractivity contribution in [3.8, 4) is 11.3 Å². The van der Waals surface area contributed by atoms with E-state index in [4.69, 9.17) is 0 Å². The largest absolute Gasteiger partial charge is 0.395 e. The first-order valence-corrected chi connectivity index (χ1v) is 8.62. The number of nitrogens with zero attached hydrogens (tertiary/aromatic N) is 4. The van der Waals surface area contributed by atoms with Crippen LogP contribution in [-0.2, 0) is 6.54 Å². The zero-order valence-electron chi connectivity index (χ0n) is 14.2. The van der Waals surface area contributed by atoms with Gasteiger partial charge in [-0.15, -0.1) is 5.10 Å². The van der Waals surface area contributed by atoms with Crippen molar-refractivity contribution < 1.29 is 10.2 Å². The standard InChI is InChI=1S/C18H26N4O2/c1-14-4-6-16(7-5-14)18-11-22(20-19-18)10-15-3-2-8-21(9-15)17(12-23)13-24/h4-7,11,15,17,23-24H,2-3,8-10,12-13H2,1H3. The van der Waals surface area contributed by atoms with Gasteiger partial charge in [-0.3, -0.25) is 9.58 Å². The van der Waals surface area contributed by atoms with Crippen molar-refractivity contribution in [1.29, 1.82) is 0 Å². The number of aliphatic hydroxyl groups excluding tert-OH is 2. The molecule has 1 saturated heterocycles. The Morgan fingerprint density at radius 1 is 1.21 bits per heavy atom. The van der Waals surface area contributed by atoms with Crippen molar-refractivity contribution in [2.75, 3.05) is 26.3 Å². The van der Waals surface area contributed by atoms with E-state index in [0.29, 0.717) is 5.92 Å². The number of likely N-dealkylation sites (tertiary alicyclic amines) is 1. The van der Waals surface area contributed by atoms with Crippen molar-refractivity contribution in [2.45, 2.75) is 32.4 Å². The van der Waals surface area contributed by atoms with E-state index in [1.54, 1.807) is 0 Å². The molecule has 0 bridgehead atoms. The Morgan fingerprint density at radius 3 is 2.67 bits per heavy atom. The summed E-state index contributed by atoms with van der Waals surface area (Å²) < 4.78 is 1.91. The fourth-order valence-corrected chi connectivity index (χ4v) is 3.38. The maximum Gasteiger partial charge on any atom is 0.113 e. The van der Waals surface area contributed by atoms with Gasteiger partial charge in [0.05, 0.1) is 25.5 Å². The van der Waals surface area contributed by atoms with Crippen LogP contribution in [0.4, 0.5) is 0 Å². The normalized spacial score (nSPS) is 19.1. The molecular weight excluding hydrogens is 304 g/mol. The van der Waals surface area contributed by atoms with Crippen LogP contribution in [0.3, 0.4) is 0 Å². The molecule has 130 valence electrons. The lowest BCUT2D eigenvalue weighted by atomic mass is 9.97. The van der Waals surface area contributed by atoms with Gasteiger partial charge in [0.25, 0.3) is 0 Å². The molecule has 1 aliphatic heterocycles. The molecule has 0 amide bonds. The van der Waals surface area contributed by atoms with Crippen LogP contribution in [0.2, 0.25) is 0 Å². The molecule has 1 unspecified atom stereocenters. The second-order valence-corrected chi connectivity index (χ2v) is 6.71. The number of hydrogen-bond donors (Lipinski definition) is 2. The molecule has 1 aromatic heterocycles. The van der Waals surface area contributed by atoms with Gasteiger partial charge in [0.2, 0.25) is 0 Å². The van der Waals surface area contributed by atoms with Crippen LogP contribution in [0.1, 0.15) is 18.4 Å². The molecule has 1 atom stereocenters. The maximum atomic E-state index is 9.37. The number of aliphatic hydroxyl groups is 2. The van der Waals surface area contributed by atoms with Crippen molar-refractivity contribution in [3.63, 3.8) is 0 Å². The van der Waals surface area contributed by atoms with Crippen LogP contribution in [0.5, 0.6) is 0 Å². The highest BCUT2D eigenvalue weighted by Crippen LogP contribution is 2.21. The molecule has 2 N–H and O–H groups in total. The minimum atomic E-state index is -0.147. The average molecular weight is 330 g/mol. The highest BCUT2D eigenvalue weighted by atomic mass is 16.3. The van der Waals surface area contributed by atoms with Crippen LogP contribution in [-0.4, -0.2) is 62.5 Å². The van der Waals surface area contributed by atoms with Crippen molar-refractivity contribution in [3.05, 3.63) is 36.0 Å². The van der Waals surface area contributed by atoms with Crippen LogP contribution >= 0.6 is 0 Å². The van der Waals surface area contributed by atoms with Crippen molar-refractivity contribution in [1.82, 2.24) is 19.9 Å². The fourth-order valence-electron chi connectivity index (χ4n) is 3.38. The van der Waals surface area contributed by atoms with Crippen LogP contribution in [0.25, 0.3) is 11.3 Å². The van der Waals surface area contributed by atoms with E-state index >= 15 is 0 Å². The molecule has 2 aromatic rings. The number of hydrogen-bond acceptors (Lipinski definition) is 5. The first-order chi connectivity index (χ1) is 11.7. The summed E-state index contributed by atoms with van der Waals surface area (Å²) in [4.78, 5) is 2.19. The topological polar surface area (TPSA) is 74.4 Å². The summed E-state index contributed by atoms with van der Waals surface area (Å²) >= 11 is 0. The Balaban J connectivity index is 1.63. The Bertz CT molecular complexity index is 637. The molecule has 3 rings (SSSR count). The molecule has 0 aliphatic carbocycles. The van der Waals surface area contributed by atoms with Gasteiger partial charge in [-0.2, -0.15) is 0 Å². The summed E-state index contributed by atoms with van der Waals surface area (Å²) in [5, 5.41) is 27.3. The zero-order chi connectivity index (χ0) is 16.9. The van der Waals surface area contributed by atoms with Gasteiger partial charge in [0.15, 0.2) is 0 Å². The van der Waals surface area contributed by atoms with E-state index in [9.17, 15) is 10.2 Å². The monoisotopic (exact) mass is 330 g/mol. The van der Waals surface area contributed by atoms with Gasteiger partial charge in [-0.25, -0.2) is 0 Å². The molecule has 1 aliphatic rings. The highest BCUT2D eigenvalue weighted by Gasteiger charge is 2.25. The molecule has 24 heavy (non-hydrogen) atoms. The third-order valence-electron chi connectivity index (χ3n) is 4.82. The molecule has 0 saturated carbocycles. The van der Waals surface area contributed by atoms with Gasteiger partial charge in [-0.1, -0.05) is 35.0 Å². The highest BCUT2D eigenvalue weighted by molar-refractivity contribution is 5.57. The van der Waals surface area contributed by atoms with Gasteiger partial charge in [0.1, 0.15) is 5.69 Å². The van der Waals surface area contributed by atoms with Crippen LogP contribution in [0.15, 0.2) is 30.5 Å². The summed E-state index contributed by atoms with van der Waals surface area (Å²) in [6.45, 7) is 4.72.